The molecular formula is C17H33N3. The summed E-state index contributed by atoms with van der Waals surface area (Å²) >= 11 is 0. The Morgan fingerprint density at radius 3 is 2.50 bits per heavy atom. The van der Waals surface area contributed by atoms with E-state index >= 15 is 0 Å². The van der Waals surface area contributed by atoms with Crippen molar-refractivity contribution in [3.63, 3.8) is 0 Å². The number of rotatable bonds is 9. The summed E-state index contributed by atoms with van der Waals surface area (Å²) in [6, 6.07) is 2.44. The molecule has 0 aromatic carbocycles. The Kier molecular flexibility index (Phi) is 8.18. The Morgan fingerprint density at radius 1 is 1.25 bits per heavy atom. The van der Waals surface area contributed by atoms with Gasteiger partial charge in [-0.1, -0.05) is 20.3 Å². The first kappa shape index (κ1) is 17.5. The first-order valence-electron chi connectivity index (χ1n) is 8.52. The van der Waals surface area contributed by atoms with Gasteiger partial charge in [0.15, 0.2) is 0 Å². The SMILES string of the molecule is CCCNC(C)(C#N)CCCCN1CCC(CC)CC1. The van der Waals surface area contributed by atoms with Crippen LogP contribution < -0.4 is 5.32 Å². The van der Waals surface area contributed by atoms with Crippen LogP contribution in [0.2, 0.25) is 0 Å². The smallest absolute Gasteiger partial charge is 0.103 e. The molecule has 0 aromatic rings. The van der Waals surface area contributed by atoms with Gasteiger partial charge >= 0.3 is 0 Å². The Balaban J connectivity index is 2.13. The van der Waals surface area contributed by atoms with Crippen molar-refractivity contribution in [1.29, 1.82) is 5.26 Å². The highest BCUT2D eigenvalue weighted by atomic mass is 15.1. The molecular weight excluding hydrogens is 246 g/mol. The number of hydrogen-bond donors (Lipinski definition) is 1. The summed E-state index contributed by atoms with van der Waals surface area (Å²) in [5.41, 5.74) is -0.328. The molecule has 1 saturated heterocycles. The van der Waals surface area contributed by atoms with Crippen LogP contribution in [0.15, 0.2) is 0 Å². The lowest BCUT2D eigenvalue weighted by Crippen LogP contribution is -2.41. The van der Waals surface area contributed by atoms with E-state index in [1.165, 1.54) is 45.3 Å². The Labute approximate surface area is 125 Å². The molecule has 1 aliphatic rings. The lowest BCUT2D eigenvalue weighted by Gasteiger charge is -2.31. The Bertz CT molecular complexity index is 289. The van der Waals surface area contributed by atoms with Gasteiger partial charge in [-0.2, -0.15) is 5.26 Å². The minimum atomic E-state index is -0.328. The van der Waals surface area contributed by atoms with Gasteiger partial charge in [0.2, 0.25) is 0 Å². The van der Waals surface area contributed by atoms with Crippen LogP contribution in [0.3, 0.4) is 0 Å². The number of nitriles is 1. The maximum atomic E-state index is 9.29. The zero-order valence-electron chi connectivity index (χ0n) is 13.7. The fourth-order valence-corrected chi connectivity index (χ4v) is 3.02. The number of nitrogens with zero attached hydrogens (tertiary/aromatic N) is 2. The fraction of sp³-hybridized carbons (Fsp3) is 0.941. The molecule has 1 aliphatic heterocycles. The molecule has 0 amide bonds. The molecule has 0 saturated carbocycles. The van der Waals surface area contributed by atoms with Crippen LogP contribution >= 0.6 is 0 Å². The largest absolute Gasteiger partial charge is 0.303 e. The molecule has 1 rings (SSSR count). The second kappa shape index (κ2) is 9.37. The maximum absolute atomic E-state index is 9.29. The van der Waals surface area contributed by atoms with Crippen LogP contribution in [0.1, 0.15) is 65.7 Å². The summed E-state index contributed by atoms with van der Waals surface area (Å²) in [4.78, 5) is 2.61. The zero-order valence-corrected chi connectivity index (χ0v) is 13.7. The van der Waals surface area contributed by atoms with E-state index < -0.39 is 0 Å². The lowest BCUT2D eigenvalue weighted by atomic mass is 9.93. The number of unbranched alkanes of at least 4 members (excludes halogenated alkanes) is 1. The molecule has 1 fully saturated rings. The zero-order chi connectivity index (χ0) is 14.8. The topological polar surface area (TPSA) is 39.1 Å². The third kappa shape index (κ3) is 6.24. The van der Waals surface area contributed by atoms with E-state index in [0.29, 0.717) is 0 Å². The van der Waals surface area contributed by atoms with Crippen LogP contribution in [0.4, 0.5) is 0 Å². The molecule has 0 spiro atoms. The van der Waals surface area contributed by atoms with Crippen LogP contribution in [0.25, 0.3) is 0 Å². The summed E-state index contributed by atoms with van der Waals surface area (Å²) in [5, 5.41) is 12.7. The van der Waals surface area contributed by atoms with Crippen molar-refractivity contribution in [3.05, 3.63) is 0 Å². The number of hydrogen-bond acceptors (Lipinski definition) is 3. The van der Waals surface area contributed by atoms with Crippen molar-refractivity contribution >= 4 is 0 Å². The van der Waals surface area contributed by atoms with E-state index in [9.17, 15) is 5.26 Å². The van der Waals surface area contributed by atoms with Gasteiger partial charge in [0.05, 0.1) is 6.07 Å². The monoisotopic (exact) mass is 279 g/mol. The first-order chi connectivity index (χ1) is 9.63. The fourth-order valence-electron chi connectivity index (χ4n) is 3.02. The van der Waals surface area contributed by atoms with Crippen LogP contribution in [-0.2, 0) is 0 Å². The summed E-state index contributed by atoms with van der Waals surface area (Å²) < 4.78 is 0. The molecule has 1 unspecified atom stereocenters. The van der Waals surface area contributed by atoms with Gasteiger partial charge in [-0.3, -0.25) is 5.32 Å². The van der Waals surface area contributed by atoms with Gasteiger partial charge in [-0.15, -0.1) is 0 Å². The quantitative estimate of drug-likeness (QED) is 0.656. The van der Waals surface area contributed by atoms with Crippen LogP contribution in [-0.4, -0.2) is 36.6 Å². The average Bonchev–Trinajstić information content (AvgIpc) is 2.50. The average molecular weight is 279 g/mol. The molecule has 1 heterocycles. The van der Waals surface area contributed by atoms with Crippen molar-refractivity contribution in [2.45, 2.75) is 71.3 Å². The second-order valence-electron chi connectivity index (χ2n) is 6.52. The highest BCUT2D eigenvalue weighted by Crippen LogP contribution is 2.20. The Morgan fingerprint density at radius 2 is 1.95 bits per heavy atom. The standard InChI is InChI=1S/C17H33N3/c1-4-11-19-17(3,15-18)10-6-7-12-20-13-8-16(5-2)9-14-20/h16,19H,4-14H2,1-3H3. The third-order valence-electron chi connectivity index (χ3n) is 4.70. The van der Waals surface area contributed by atoms with Gasteiger partial charge in [-0.25, -0.2) is 0 Å². The van der Waals surface area contributed by atoms with Crippen molar-refractivity contribution in [2.75, 3.05) is 26.2 Å². The predicted octanol–water partition coefficient (Wildman–Crippen LogP) is 3.56. The van der Waals surface area contributed by atoms with E-state index in [1.807, 2.05) is 6.92 Å². The molecule has 116 valence electrons. The minimum Gasteiger partial charge on any atom is -0.303 e. The van der Waals surface area contributed by atoms with Gasteiger partial charge in [0.25, 0.3) is 0 Å². The van der Waals surface area contributed by atoms with E-state index in [-0.39, 0.29) is 5.54 Å². The summed E-state index contributed by atoms with van der Waals surface area (Å²) in [7, 11) is 0. The molecule has 20 heavy (non-hydrogen) atoms. The van der Waals surface area contributed by atoms with E-state index in [2.05, 4.69) is 30.1 Å². The highest BCUT2D eigenvalue weighted by molar-refractivity contribution is 5.03. The minimum absolute atomic E-state index is 0.328. The van der Waals surface area contributed by atoms with Gasteiger partial charge in [0.1, 0.15) is 5.54 Å². The molecule has 0 aliphatic carbocycles. The third-order valence-corrected chi connectivity index (χ3v) is 4.70. The van der Waals surface area contributed by atoms with Gasteiger partial charge < -0.3 is 4.90 Å². The molecule has 0 radical (unpaired) electrons. The van der Waals surface area contributed by atoms with Crippen LogP contribution in [0.5, 0.6) is 0 Å². The van der Waals surface area contributed by atoms with E-state index in [4.69, 9.17) is 0 Å². The first-order valence-corrected chi connectivity index (χ1v) is 8.52. The molecule has 3 nitrogen and oxygen atoms in total. The van der Waals surface area contributed by atoms with Crippen molar-refractivity contribution in [1.82, 2.24) is 10.2 Å². The summed E-state index contributed by atoms with van der Waals surface area (Å²) in [6.45, 7) is 11.2. The maximum Gasteiger partial charge on any atom is 0.103 e. The number of likely N-dealkylation sites (tertiary alicyclic amines) is 1. The normalized spacial score (nSPS) is 20.5. The number of nitrogens with one attached hydrogen (secondary N) is 1. The van der Waals surface area contributed by atoms with Crippen LogP contribution in [0, 0.1) is 17.2 Å². The molecule has 1 atom stereocenters. The highest BCUT2D eigenvalue weighted by Gasteiger charge is 2.22. The van der Waals surface area contributed by atoms with Gasteiger partial charge in [-0.05, 0) is 77.5 Å². The van der Waals surface area contributed by atoms with Crippen molar-refractivity contribution < 1.29 is 0 Å². The van der Waals surface area contributed by atoms with E-state index in [0.717, 1.165) is 31.7 Å². The number of piperidine rings is 1. The van der Waals surface area contributed by atoms with Gasteiger partial charge in [0, 0.05) is 0 Å². The Hall–Kier alpha value is -0.590. The molecule has 0 bridgehead atoms. The lowest BCUT2D eigenvalue weighted by molar-refractivity contribution is 0.178. The molecule has 1 N–H and O–H groups in total. The summed E-state index contributed by atoms with van der Waals surface area (Å²) in [5.74, 6) is 0.964. The van der Waals surface area contributed by atoms with Crippen molar-refractivity contribution in [2.24, 2.45) is 5.92 Å². The summed E-state index contributed by atoms with van der Waals surface area (Å²) in [6.07, 6.45) is 8.53. The molecule has 0 aromatic heterocycles. The van der Waals surface area contributed by atoms with Crippen molar-refractivity contribution in [3.8, 4) is 6.07 Å². The molecule has 3 heteroatoms. The predicted molar refractivity (Wildman–Crippen MR) is 85.6 cm³/mol. The van der Waals surface area contributed by atoms with E-state index in [1.54, 1.807) is 0 Å². The second-order valence-corrected chi connectivity index (χ2v) is 6.52.